The lowest BCUT2D eigenvalue weighted by Gasteiger charge is -2.27. The van der Waals surface area contributed by atoms with Crippen molar-refractivity contribution in [2.75, 3.05) is 27.4 Å². The van der Waals surface area contributed by atoms with E-state index in [1.807, 2.05) is 0 Å². The van der Waals surface area contributed by atoms with E-state index in [9.17, 15) is 18.0 Å². The first kappa shape index (κ1) is 17.4. The number of nitrogens with one attached hydrogen (secondary N) is 1. The molecule has 0 radical (unpaired) electrons. The molecule has 1 N–H and O–H groups in total. The summed E-state index contributed by atoms with van der Waals surface area (Å²) in [6.45, 7) is 2.15. The zero-order valence-corrected chi connectivity index (χ0v) is 12.0. The lowest BCUT2D eigenvalue weighted by molar-refractivity contribution is -0.141. The van der Waals surface area contributed by atoms with Crippen LogP contribution in [-0.4, -0.2) is 43.9 Å². The minimum absolute atomic E-state index is 0.0406. The zero-order chi connectivity index (χ0) is 16.1. The molecule has 5 nitrogen and oxygen atoms in total. The molecule has 1 atom stereocenters. The van der Waals surface area contributed by atoms with Gasteiger partial charge in [0.15, 0.2) is 0 Å². The Kier molecular flexibility index (Phi) is 5.68. The monoisotopic (exact) mass is 306 g/mol. The number of methoxy groups -OCH3 is 2. The molecule has 0 spiro atoms. The van der Waals surface area contributed by atoms with E-state index in [-0.39, 0.29) is 18.7 Å². The van der Waals surface area contributed by atoms with Gasteiger partial charge in [0.1, 0.15) is 11.3 Å². The first-order valence-electron chi connectivity index (χ1n) is 6.07. The van der Waals surface area contributed by atoms with Crippen LogP contribution < -0.4 is 5.32 Å². The normalized spacial score (nSPS) is 14.6. The fourth-order valence-electron chi connectivity index (χ4n) is 1.55. The fraction of sp³-hybridized carbons (Fsp3) is 0.538. The van der Waals surface area contributed by atoms with Gasteiger partial charge in [-0.05, 0) is 19.1 Å². The standard InChI is InChI=1S/C13H17F3N2O3/c1-12(21-3,8-20-2)7-18-11(19)9-4-5-10(17-6-9)13(14,15)16/h4-6H,7-8H2,1-3H3,(H,18,19)/t12-/m0/s1. The van der Waals surface area contributed by atoms with Crippen LogP contribution in [0, 0.1) is 0 Å². The van der Waals surface area contributed by atoms with E-state index < -0.39 is 23.4 Å². The highest BCUT2D eigenvalue weighted by molar-refractivity contribution is 5.93. The number of hydrogen-bond donors (Lipinski definition) is 1. The molecule has 0 saturated heterocycles. The lowest BCUT2D eigenvalue weighted by Crippen LogP contribution is -2.45. The second-order valence-electron chi connectivity index (χ2n) is 4.70. The van der Waals surface area contributed by atoms with Crippen molar-refractivity contribution in [3.8, 4) is 0 Å². The van der Waals surface area contributed by atoms with Gasteiger partial charge in [-0.2, -0.15) is 13.2 Å². The summed E-state index contributed by atoms with van der Waals surface area (Å²) in [4.78, 5) is 15.1. The number of carbonyl (C=O) groups is 1. The van der Waals surface area contributed by atoms with Crippen molar-refractivity contribution in [2.45, 2.75) is 18.7 Å². The molecule has 0 aliphatic carbocycles. The topological polar surface area (TPSA) is 60.5 Å². The number of nitrogens with zero attached hydrogens (tertiary/aromatic N) is 1. The van der Waals surface area contributed by atoms with Gasteiger partial charge >= 0.3 is 6.18 Å². The quantitative estimate of drug-likeness (QED) is 0.872. The maximum Gasteiger partial charge on any atom is 0.433 e. The highest BCUT2D eigenvalue weighted by atomic mass is 19.4. The third kappa shape index (κ3) is 4.98. The predicted octanol–water partition coefficient (Wildman–Crippen LogP) is 1.88. The average molecular weight is 306 g/mol. The van der Waals surface area contributed by atoms with Gasteiger partial charge in [-0.3, -0.25) is 9.78 Å². The van der Waals surface area contributed by atoms with Crippen molar-refractivity contribution < 1.29 is 27.4 Å². The number of aromatic nitrogens is 1. The van der Waals surface area contributed by atoms with E-state index in [1.165, 1.54) is 14.2 Å². The van der Waals surface area contributed by atoms with Gasteiger partial charge in [0.2, 0.25) is 0 Å². The van der Waals surface area contributed by atoms with Crippen LogP contribution in [0.1, 0.15) is 23.0 Å². The number of carbonyl (C=O) groups excluding carboxylic acids is 1. The Hall–Kier alpha value is -1.67. The Labute approximate surface area is 120 Å². The summed E-state index contributed by atoms with van der Waals surface area (Å²) < 4.78 is 47.3. The van der Waals surface area contributed by atoms with Gasteiger partial charge in [0, 0.05) is 27.0 Å². The first-order chi connectivity index (χ1) is 9.72. The van der Waals surface area contributed by atoms with Crippen molar-refractivity contribution in [1.82, 2.24) is 10.3 Å². The molecular weight excluding hydrogens is 289 g/mol. The molecule has 1 rings (SSSR count). The molecule has 1 aromatic rings. The van der Waals surface area contributed by atoms with Crippen molar-refractivity contribution in [3.63, 3.8) is 0 Å². The largest absolute Gasteiger partial charge is 0.433 e. The number of halogens is 3. The predicted molar refractivity (Wildman–Crippen MR) is 68.9 cm³/mol. The van der Waals surface area contributed by atoms with Crippen LogP contribution >= 0.6 is 0 Å². The third-order valence-corrected chi connectivity index (χ3v) is 2.88. The first-order valence-corrected chi connectivity index (χ1v) is 6.07. The molecule has 0 aliphatic heterocycles. The van der Waals surface area contributed by atoms with Crippen LogP contribution in [0.25, 0.3) is 0 Å². The molecule has 0 fully saturated rings. The van der Waals surface area contributed by atoms with E-state index in [2.05, 4.69) is 10.3 Å². The Morgan fingerprint density at radius 1 is 1.33 bits per heavy atom. The molecule has 0 aliphatic rings. The van der Waals surface area contributed by atoms with Crippen LogP contribution in [0.3, 0.4) is 0 Å². The Morgan fingerprint density at radius 2 is 2.00 bits per heavy atom. The van der Waals surface area contributed by atoms with Crippen molar-refractivity contribution in [2.24, 2.45) is 0 Å². The van der Waals surface area contributed by atoms with Gasteiger partial charge in [-0.25, -0.2) is 0 Å². The Bertz CT molecular complexity index is 477. The smallest absolute Gasteiger partial charge is 0.382 e. The molecule has 0 unspecified atom stereocenters. The molecule has 118 valence electrons. The number of rotatable bonds is 6. The second-order valence-corrected chi connectivity index (χ2v) is 4.70. The summed E-state index contributed by atoms with van der Waals surface area (Å²) in [5.74, 6) is -0.532. The highest BCUT2D eigenvalue weighted by Crippen LogP contribution is 2.27. The summed E-state index contributed by atoms with van der Waals surface area (Å²) >= 11 is 0. The summed E-state index contributed by atoms with van der Waals surface area (Å²) in [6, 6.07) is 1.84. The maximum absolute atomic E-state index is 12.4. The van der Waals surface area contributed by atoms with Crippen molar-refractivity contribution in [1.29, 1.82) is 0 Å². The second kappa shape index (κ2) is 6.86. The van der Waals surface area contributed by atoms with Crippen molar-refractivity contribution >= 4 is 5.91 Å². The maximum atomic E-state index is 12.4. The van der Waals surface area contributed by atoms with Crippen LogP contribution in [0.5, 0.6) is 0 Å². The summed E-state index contributed by atoms with van der Waals surface area (Å²) in [7, 11) is 2.98. The SMILES string of the molecule is COC[C@](C)(CNC(=O)c1ccc(C(F)(F)F)nc1)OC. The number of ether oxygens (including phenoxy) is 2. The van der Waals surface area contributed by atoms with Crippen LogP contribution in [0.15, 0.2) is 18.3 Å². The van der Waals surface area contributed by atoms with E-state index in [1.54, 1.807) is 6.92 Å². The van der Waals surface area contributed by atoms with Crippen LogP contribution in [0.2, 0.25) is 0 Å². The Morgan fingerprint density at radius 3 is 2.43 bits per heavy atom. The summed E-state index contributed by atoms with van der Waals surface area (Å²) in [5, 5.41) is 2.57. The summed E-state index contributed by atoms with van der Waals surface area (Å²) in [6.07, 6.45) is -3.64. The molecule has 1 amide bonds. The summed E-state index contributed by atoms with van der Waals surface area (Å²) in [5.41, 5.74) is -1.72. The third-order valence-electron chi connectivity index (χ3n) is 2.88. The number of alkyl halides is 3. The van der Waals surface area contributed by atoms with Gasteiger partial charge in [-0.1, -0.05) is 0 Å². The molecule has 0 saturated carbocycles. The van der Waals surface area contributed by atoms with Gasteiger partial charge < -0.3 is 14.8 Å². The van der Waals surface area contributed by atoms with E-state index >= 15 is 0 Å². The van der Waals surface area contributed by atoms with Gasteiger partial charge in [-0.15, -0.1) is 0 Å². The van der Waals surface area contributed by atoms with E-state index in [0.29, 0.717) is 0 Å². The molecule has 0 bridgehead atoms. The van der Waals surface area contributed by atoms with Crippen LogP contribution in [0.4, 0.5) is 13.2 Å². The average Bonchev–Trinajstić information content (AvgIpc) is 2.44. The van der Waals surface area contributed by atoms with Crippen LogP contribution in [-0.2, 0) is 15.7 Å². The molecule has 21 heavy (non-hydrogen) atoms. The zero-order valence-electron chi connectivity index (χ0n) is 12.0. The molecule has 1 aromatic heterocycles. The van der Waals surface area contributed by atoms with Gasteiger partial charge in [0.25, 0.3) is 5.91 Å². The lowest BCUT2D eigenvalue weighted by atomic mass is 10.1. The van der Waals surface area contributed by atoms with Crippen molar-refractivity contribution in [3.05, 3.63) is 29.6 Å². The highest BCUT2D eigenvalue weighted by Gasteiger charge is 2.32. The number of amides is 1. The Balaban J connectivity index is 2.68. The minimum Gasteiger partial charge on any atom is -0.382 e. The molecule has 0 aromatic carbocycles. The molecule has 8 heteroatoms. The number of hydrogen-bond acceptors (Lipinski definition) is 4. The van der Waals surface area contributed by atoms with Gasteiger partial charge in [0.05, 0.1) is 12.2 Å². The number of pyridine rings is 1. The molecular formula is C13H17F3N2O3. The van der Waals surface area contributed by atoms with E-state index in [0.717, 1.165) is 18.3 Å². The van der Waals surface area contributed by atoms with E-state index in [4.69, 9.17) is 9.47 Å². The minimum atomic E-state index is -4.53. The molecule has 1 heterocycles. The fourth-order valence-corrected chi connectivity index (χ4v) is 1.55.